The summed E-state index contributed by atoms with van der Waals surface area (Å²) in [5, 5.41) is 6.03. The molecule has 0 saturated carbocycles. The van der Waals surface area contributed by atoms with Crippen molar-refractivity contribution in [3.63, 3.8) is 0 Å². The van der Waals surface area contributed by atoms with Gasteiger partial charge in [0, 0.05) is 39.4 Å². The maximum absolute atomic E-state index is 12.6. The molecule has 0 bridgehead atoms. The smallest absolute Gasteiger partial charge is 0.354 e. The van der Waals surface area contributed by atoms with E-state index >= 15 is 0 Å². The SMILES string of the molecule is CN=C(NCCNc1nccc(C(F)(F)F)n1)N1CC(C)CC(C)C1.I. The number of piperidine rings is 1. The van der Waals surface area contributed by atoms with Gasteiger partial charge in [0.15, 0.2) is 5.96 Å². The summed E-state index contributed by atoms with van der Waals surface area (Å²) >= 11 is 0. The summed E-state index contributed by atoms with van der Waals surface area (Å²) in [7, 11) is 1.73. The fraction of sp³-hybridized carbons (Fsp3) is 0.688. The molecule has 1 saturated heterocycles. The summed E-state index contributed by atoms with van der Waals surface area (Å²) in [6, 6.07) is 0.851. The van der Waals surface area contributed by atoms with Crippen LogP contribution in [0.4, 0.5) is 19.1 Å². The fourth-order valence-corrected chi connectivity index (χ4v) is 3.12. The fourth-order valence-electron chi connectivity index (χ4n) is 3.12. The number of alkyl halides is 3. The van der Waals surface area contributed by atoms with Crippen LogP contribution in [0, 0.1) is 11.8 Å². The van der Waals surface area contributed by atoms with Crippen molar-refractivity contribution < 1.29 is 13.2 Å². The first-order chi connectivity index (χ1) is 11.8. The molecule has 0 spiro atoms. The standard InChI is InChI=1S/C16H25F3N6.HI/c1-11-8-12(2)10-25(9-11)15(20-3)23-7-6-22-14-21-5-4-13(24-14)16(17,18)19;/h4-5,11-12H,6-10H2,1-3H3,(H,20,23)(H,21,22,24);1H. The Balaban J connectivity index is 0.00000338. The highest BCUT2D eigenvalue weighted by molar-refractivity contribution is 14.0. The highest BCUT2D eigenvalue weighted by atomic mass is 127. The molecule has 0 radical (unpaired) electrons. The lowest BCUT2D eigenvalue weighted by molar-refractivity contribution is -0.141. The lowest BCUT2D eigenvalue weighted by Gasteiger charge is -2.37. The predicted octanol–water partition coefficient (Wildman–Crippen LogP) is 3.08. The van der Waals surface area contributed by atoms with Crippen LogP contribution in [0.1, 0.15) is 26.0 Å². The van der Waals surface area contributed by atoms with Gasteiger partial charge in [0.1, 0.15) is 5.69 Å². The first-order valence-corrected chi connectivity index (χ1v) is 8.39. The average Bonchev–Trinajstić information content (AvgIpc) is 2.53. The average molecular weight is 486 g/mol. The Morgan fingerprint density at radius 1 is 1.27 bits per heavy atom. The highest BCUT2D eigenvalue weighted by Crippen LogP contribution is 2.27. The van der Waals surface area contributed by atoms with Gasteiger partial charge >= 0.3 is 6.18 Å². The zero-order valence-electron chi connectivity index (χ0n) is 15.2. The van der Waals surface area contributed by atoms with Crippen molar-refractivity contribution in [3.8, 4) is 0 Å². The Kier molecular flexibility index (Phi) is 8.84. The molecule has 1 aliphatic rings. The molecule has 0 amide bonds. The maximum Gasteiger partial charge on any atom is 0.433 e. The molecular weight excluding hydrogens is 460 g/mol. The van der Waals surface area contributed by atoms with E-state index in [0.29, 0.717) is 24.9 Å². The molecule has 0 aliphatic carbocycles. The summed E-state index contributed by atoms with van der Waals surface area (Å²) in [5.74, 6) is 2.00. The first-order valence-electron chi connectivity index (χ1n) is 8.39. The molecule has 1 aliphatic heterocycles. The lowest BCUT2D eigenvalue weighted by Crippen LogP contribution is -2.49. The van der Waals surface area contributed by atoms with Gasteiger partial charge in [0.05, 0.1) is 0 Å². The quantitative estimate of drug-likeness (QED) is 0.297. The van der Waals surface area contributed by atoms with Gasteiger partial charge in [0.25, 0.3) is 0 Å². The third-order valence-electron chi connectivity index (χ3n) is 4.02. The van der Waals surface area contributed by atoms with Gasteiger partial charge in [-0.3, -0.25) is 4.99 Å². The van der Waals surface area contributed by atoms with E-state index in [4.69, 9.17) is 0 Å². The number of nitrogens with zero attached hydrogens (tertiary/aromatic N) is 4. The van der Waals surface area contributed by atoms with E-state index in [1.54, 1.807) is 7.05 Å². The molecule has 2 atom stereocenters. The third-order valence-corrected chi connectivity index (χ3v) is 4.02. The van der Waals surface area contributed by atoms with Crippen molar-refractivity contribution in [2.45, 2.75) is 26.4 Å². The van der Waals surface area contributed by atoms with E-state index in [1.807, 2.05) is 0 Å². The number of hydrogen-bond acceptors (Lipinski definition) is 4. The zero-order valence-corrected chi connectivity index (χ0v) is 17.5. The number of nitrogens with one attached hydrogen (secondary N) is 2. The summed E-state index contributed by atoms with van der Waals surface area (Å²) in [4.78, 5) is 13.8. The van der Waals surface area contributed by atoms with Crippen molar-refractivity contribution in [2.24, 2.45) is 16.8 Å². The topological polar surface area (TPSA) is 65.4 Å². The van der Waals surface area contributed by atoms with E-state index in [2.05, 4.69) is 44.3 Å². The van der Waals surface area contributed by atoms with Gasteiger partial charge < -0.3 is 15.5 Å². The van der Waals surface area contributed by atoms with Gasteiger partial charge in [-0.2, -0.15) is 13.2 Å². The molecule has 2 N–H and O–H groups in total. The molecule has 26 heavy (non-hydrogen) atoms. The van der Waals surface area contributed by atoms with E-state index in [9.17, 15) is 13.2 Å². The number of aliphatic imine (C=N–C) groups is 1. The van der Waals surface area contributed by atoms with Gasteiger partial charge in [-0.15, -0.1) is 24.0 Å². The van der Waals surface area contributed by atoms with Crippen LogP contribution in [0.15, 0.2) is 17.3 Å². The van der Waals surface area contributed by atoms with Crippen molar-refractivity contribution in [3.05, 3.63) is 18.0 Å². The maximum atomic E-state index is 12.6. The molecule has 1 fully saturated rings. The van der Waals surface area contributed by atoms with Crippen LogP contribution >= 0.6 is 24.0 Å². The van der Waals surface area contributed by atoms with E-state index in [1.165, 1.54) is 6.42 Å². The van der Waals surface area contributed by atoms with Crippen LogP contribution in [0.5, 0.6) is 0 Å². The van der Waals surface area contributed by atoms with E-state index < -0.39 is 11.9 Å². The molecule has 1 aromatic heterocycles. The van der Waals surface area contributed by atoms with Gasteiger partial charge in [-0.1, -0.05) is 13.8 Å². The molecular formula is C16H26F3IN6. The number of rotatable bonds is 4. The second-order valence-electron chi connectivity index (χ2n) is 6.52. The van der Waals surface area contributed by atoms with Crippen molar-refractivity contribution in [1.82, 2.24) is 20.2 Å². The normalized spacial score (nSPS) is 21.2. The second kappa shape index (κ2) is 10.1. The van der Waals surface area contributed by atoms with Crippen LogP contribution in [0.25, 0.3) is 0 Å². The Hall–Kier alpha value is -1.33. The van der Waals surface area contributed by atoms with Crippen molar-refractivity contribution >= 4 is 35.9 Å². The summed E-state index contributed by atoms with van der Waals surface area (Å²) in [6.45, 7) is 7.25. The Morgan fingerprint density at radius 2 is 1.92 bits per heavy atom. The molecule has 1 aromatic rings. The van der Waals surface area contributed by atoms with E-state index in [-0.39, 0.29) is 29.9 Å². The molecule has 2 rings (SSSR count). The van der Waals surface area contributed by atoms with E-state index in [0.717, 1.165) is 31.3 Å². The Labute approximate surface area is 169 Å². The van der Waals surface area contributed by atoms with Crippen molar-refractivity contribution in [2.75, 3.05) is 38.5 Å². The minimum absolute atomic E-state index is 0. The number of anilines is 1. The number of halogens is 4. The predicted molar refractivity (Wildman–Crippen MR) is 107 cm³/mol. The Morgan fingerprint density at radius 3 is 2.50 bits per heavy atom. The summed E-state index contributed by atoms with van der Waals surface area (Å²) in [6.07, 6.45) is -2.16. The zero-order chi connectivity index (χ0) is 18.4. The minimum atomic E-state index is -4.47. The van der Waals surface area contributed by atoms with Crippen LogP contribution in [-0.2, 0) is 6.18 Å². The molecule has 10 heteroatoms. The molecule has 148 valence electrons. The Bertz CT molecular complexity index is 586. The number of likely N-dealkylation sites (tertiary alicyclic amines) is 1. The number of aromatic nitrogens is 2. The molecule has 2 unspecified atom stereocenters. The van der Waals surface area contributed by atoms with Crippen molar-refractivity contribution in [1.29, 1.82) is 0 Å². The monoisotopic (exact) mass is 486 g/mol. The van der Waals surface area contributed by atoms with Crippen LogP contribution in [0.2, 0.25) is 0 Å². The number of guanidine groups is 1. The lowest BCUT2D eigenvalue weighted by atomic mass is 9.92. The third kappa shape index (κ3) is 6.76. The van der Waals surface area contributed by atoms with Crippen LogP contribution < -0.4 is 10.6 Å². The molecule has 6 nitrogen and oxygen atoms in total. The summed E-state index contributed by atoms with van der Waals surface area (Å²) in [5.41, 5.74) is -0.954. The summed E-state index contributed by atoms with van der Waals surface area (Å²) < 4.78 is 37.9. The van der Waals surface area contributed by atoms with Crippen LogP contribution in [0.3, 0.4) is 0 Å². The van der Waals surface area contributed by atoms with Gasteiger partial charge in [-0.05, 0) is 24.3 Å². The molecule has 2 heterocycles. The first kappa shape index (κ1) is 22.7. The number of hydrogen-bond donors (Lipinski definition) is 2. The minimum Gasteiger partial charge on any atom is -0.354 e. The van der Waals surface area contributed by atoms with Gasteiger partial charge in [0.2, 0.25) is 5.95 Å². The second-order valence-corrected chi connectivity index (χ2v) is 6.52. The molecule has 0 aromatic carbocycles. The largest absolute Gasteiger partial charge is 0.433 e. The van der Waals surface area contributed by atoms with Gasteiger partial charge in [-0.25, -0.2) is 9.97 Å². The highest BCUT2D eigenvalue weighted by Gasteiger charge is 2.32. The van der Waals surface area contributed by atoms with Crippen LogP contribution in [-0.4, -0.2) is 54.1 Å².